The van der Waals surface area contributed by atoms with Gasteiger partial charge >= 0.3 is 6.03 Å². The summed E-state index contributed by atoms with van der Waals surface area (Å²) in [5, 5.41) is 20.1. The van der Waals surface area contributed by atoms with E-state index in [0.29, 0.717) is 16.8 Å². The lowest BCUT2D eigenvalue weighted by Gasteiger charge is -2.27. The quantitative estimate of drug-likeness (QED) is 0.790. The number of rotatable bonds is 3. The Kier molecular flexibility index (Phi) is 4.26. The predicted molar refractivity (Wildman–Crippen MR) is 96.6 cm³/mol. The maximum Gasteiger partial charge on any atom is 0.362 e. The monoisotopic (exact) mass is 348 g/mol. The van der Waals surface area contributed by atoms with E-state index in [2.05, 4.69) is 10.2 Å². The van der Waals surface area contributed by atoms with Crippen LogP contribution in [0.5, 0.6) is 0 Å². The van der Waals surface area contributed by atoms with Gasteiger partial charge in [-0.1, -0.05) is 65.5 Å². The topological polar surface area (TPSA) is 71.2 Å². The standard InChI is InChI=1S/C20H20N4O2/c25-19(23-13-7-8-14-23)24-21-15-18(22-24)20(26,16-9-3-1-4-10-16)17-11-5-2-6-12-17/h1-6,9-12,15,26H,7-8,13-14H2. The van der Waals surface area contributed by atoms with Gasteiger partial charge in [-0.05, 0) is 24.0 Å². The van der Waals surface area contributed by atoms with Crippen molar-refractivity contribution in [1.29, 1.82) is 0 Å². The van der Waals surface area contributed by atoms with Gasteiger partial charge in [0.25, 0.3) is 0 Å². The Morgan fingerprint density at radius 3 is 2.00 bits per heavy atom. The van der Waals surface area contributed by atoms with E-state index in [1.54, 1.807) is 4.90 Å². The lowest BCUT2D eigenvalue weighted by molar-refractivity contribution is 0.120. The van der Waals surface area contributed by atoms with Crippen molar-refractivity contribution in [3.63, 3.8) is 0 Å². The van der Waals surface area contributed by atoms with Crippen LogP contribution in [0.25, 0.3) is 0 Å². The van der Waals surface area contributed by atoms with Crippen LogP contribution in [0.2, 0.25) is 0 Å². The van der Waals surface area contributed by atoms with Crippen LogP contribution in [0.1, 0.15) is 29.7 Å². The molecule has 132 valence electrons. The van der Waals surface area contributed by atoms with Gasteiger partial charge in [0, 0.05) is 13.1 Å². The van der Waals surface area contributed by atoms with Gasteiger partial charge in [0.2, 0.25) is 0 Å². The van der Waals surface area contributed by atoms with Crippen LogP contribution in [0.15, 0.2) is 66.9 Å². The third-order valence-electron chi connectivity index (χ3n) is 4.79. The molecule has 2 heterocycles. The molecule has 6 nitrogen and oxygen atoms in total. The summed E-state index contributed by atoms with van der Waals surface area (Å²) in [6, 6.07) is 18.4. The first-order chi connectivity index (χ1) is 12.7. The summed E-state index contributed by atoms with van der Waals surface area (Å²) in [6.07, 6.45) is 3.46. The van der Waals surface area contributed by atoms with Crippen LogP contribution in [0, 0.1) is 0 Å². The van der Waals surface area contributed by atoms with Crippen molar-refractivity contribution < 1.29 is 9.90 Å². The van der Waals surface area contributed by atoms with Crippen LogP contribution in [0.3, 0.4) is 0 Å². The summed E-state index contributed by atoms with van der Waals surface area (Å²) in [4.78, 5) is 15.4. The van der Waals surface area contributed by atoms with E-state index in [0.717, 1.165) is 30.7 Å². The molecule has 3 aromatic rings. The molecule has 0 aliphatic carbocycles. The average Bonchev–Trinajstić information content (AvgIpc) is 3.40. The summed E-state index contributed by atoms with van der Waals surface area (Å²) in [7, 11) is 0. The molecule has 2 aromatic carbocycles. The summed E-state index contributed by atoms with van der Waals surface area (Å²) in [5.74, 6) is 0. The molecule has 0 atom stereocenters. The maximum atomic E-state index is 12.5. The number of hydrogen-bond acceptors (Lipinski definition) is 4. The molecular weight excluding hydrogens is 328 g/mol. The second kappa shape index (κ2) is 6.72. The highest BCUT2D eigenvalue weighted by Crippen LogP contribution is 2.35. The molecule has 0 spiro atoms. The molecule has 6 heteroatoms. The third-order valence-corrected chi connectivity index (χ3v) is 4.79. The fraction of sp³-hybridized carbons (Fsp3) is 0.250. The Morgan fingerprint density at radius 2 is 1.46 bits per heavy atom. The molecule has 4 rings (SSSR count). The van der Waals surface area contributed by atoms with E-state index in [-0.39, 0.29) is 6.03 Å². The summed E-state index contributed by atoms with van der Waals surface area (Å²) in [6.45, 7) is 1.44. The minimum Gasteiger partial charge on any atom is -0.374 e. The third kappa shape index (κ3) is 2.78. The molecule has 1 aliphatic heterocycles. The highest BCUT2D eigenvalue weighted by molar-refractivity contribution is 5.75. The Morgan fingerprint density at radius 1 is 0.923 bits per heavy atom. The van der Waals surface area contributed by atoms with Gasteiger partial charge in [-0.2, -0.15) is 5.10 Å². The van der Waals surface area contributed by atoms with E-state index in [1.165, 1.54) is 6.20 Å². The number of amides is 1. The van der Waals surface area contributed by atoms with Gasteiger partial charge in [-0.25, -0.2) is 4.79 Å². The lowest BCUT2D eigenvalue weighted by Crippen LogP contribution is -2.34. The Hall–Kier alpha value is -2.99. The molecule has 0 radical (unpaired) electrons. The van der Waals surface area contributed by atoms with Crippen LogP contribution < -0.4 is 0 Å². The Labute approximate surface area is 151 Å². The molecular formula is C20H20N4O2. The SMILES string of the molecule is O=C(N1CCCC1)n1ncc(C(O)(c2ccccc2)c2ccccc2)n1. The zero-order valence-electron chi connectivity index (χ0n) is 14.3. The molecule has 0 bridgehead atoms. The van der Waals surface area contributed by atoms with Crippen molar-refractivity contribution in [3.05, 3.63) is 83.7 Å². The van der Waals surface area contributed by atoms with Crippen molar-refractivity contribution in [2.75, 3.05) is 13.1 Å². The van der Waals surface area contributed by atoms with E-state index in [1.807, 2.05) is 60.7 Å². The van der Waals surface area contributed by atoms with E-state index in [4.69, 9.17) is 0 Å². The first-order valence-corrected chi connectivity index (χ1v) is 8.75. The van der Waals surface area contributed by atoms with Gasteiger partial charge < -0.3 is 10.0 Å². The molecule has 1 aromatic heterocycles. The van der Waals surface area contributed by atoms with Crippen LogP contribution in [-0.4, -0.2) is 44.1 Å². The largest absolute Gasteiger partial charge is 0.374 e. The van der Waals surface area contributed by atoms with E-state index >= 15 is 0 Å². The van der Waals surface area contributed by atoms with Crippen molar-refractivity contribution >= 4 is 6.03 Å². The van der Waals surface area contributed by atoms with Crippen molar-refractivity contribution in [1.82, 2.24) is 19.9 Å². The molecule has 1 fully saturated rings. The normalized spacial score (nSPS) is 14.6. The smallest absolute Gasteiger partial charge is 0.362 e. The number of benzene rings is 2. The number of carbonyl (C=O) groups is 1. The lowest BCUT2D eigenvalue weighted by atomic mass is 9.84. The van der Waals surface area contributed by atoms with Gasteiger partial charge in [0.1, 0.15) is 5.69 Å². The highest BCUT2D eigenvalue weighted by atomic mass is 16.3. The predicted octanol–water partition coefficient (Wildman–Crippen LogP) is 2.63. The minimum absolute atomic E-state index is 0.253. The first kappa shape index (κ1) is 16.5. The van der Waals surface area contributed by atoms with Gasteiger partial charge in [0.05, 0.1) is 6.20 Å². The highest BCUT2D eigenvalue weighted by Gasteiger charge is 2.37. The molecule has 1 amide bonds. The van der Waals surface area contributed by atoms with E-state index < -0.39 is 5.60 Å². The summed E-state index contributed by atoms with van der Waals surface area (Å²) < 4.78 is 0. The molecule has 1 aliphatic rings. The zero-order valence-corrected chi connectivity index (χ0v) is 14.3. The van der Waals surface area contributed by atoms with E-state index in [9.17, 15) is 9.90 Å². The van der Waals surface area contributed by atoms with Gasteiger partial charge in [-0.15, -0.1) is 5.10 Å². The van der Waals surface area contributed by atoms with Crippen molar-refractivity contribution in [3.8, 4) is 0 Å². The minimum atomic E-state index is -1.48. The van der Waals surface area contributed by atoms with Crippen LogP contribution in [-0.2, 0) is 5.60 Å². The zero-order chi connectivity index (χ0) is 18.0. The molecule has 0 unspecified atom stereocenters. The number of nitrogens with zero attached hydrogens (tertiary/aromatic N) is 4. The first-order valence-electron chi connectivity index (χ1n) is 8.75. The number of aromatic nitrogens is 3. The number of aliphatic hydroxyl groups is 1. The van der Waals surface area contributed by atoms with Crippen LogP contribution >= 0.6 is 0 Å². The maximum absolute atomic E-state index is 12.5. The molecule has 1 N–H and O–H groups in total. The fourth-order valence-electron chi connectivity index (χ4n) is 3.38. The summed E-state index contributed by atoms with van der Waals surface area (Å²) >= 11 is 0. The molecule has 0 saturated carbocycles. The summed E-state index contributed by atoms with van der Waals surface area (Å²) in [5.41, 5.74) is 0.188. The second-order valence-corrected chi connectivity index (χ2v) is 6.44. The number of likely N-dealkylation sites (tertiary alicyclic amines) is 1. The number of carbonyl (C=O) groups excluding carboxylic acids is 1. The fourth-order valence-corrected chi connectivity index (χ4v) is 3.38. The average molecular weight is 348 g/mol. The molecule has 26 heavy (non-hydrogen) atoms. The van der Waals surface area contributed by atoms with Crippen molar-refractivity contribution in [2.45, 2.75) is 18.4 Å². The molecule has 1 saturated heterocycles. The number of hydrogen-bond donors (Lipinski definition) is 1. The van der Waals surface area contributed by atoms with Crippen molar-refractivity contribution in [2.24, 2.45) is 0 Å². The Bertz CT molecular complexity index is 847. The van der Waals surface area contributed by atoms with Gasteiger partial charge in [-0.3, -0.25) is 0 Å². The van der Waals surface area contributed by atoms with Gasteiger partial charge in [0.15, 0.2) is 5.60 Å². The second-order valence-electron chi connectivity index (χ2n) is 6.44. The van der Waals surface area contributed by atoms with Crippen LogP contribution in [0.4, 0.5) is 4.79 Å². The Balaban J connectivity index is 1.77.